The van der Waals surface area contributed by atoms with Crippen LogP contribution in [-0.4, -0.2) is 37.9 Å². The van der Waals surface area contributed by atoms with E-state index in [4.69, 9.17) is 4.74 Å². The van der Waals surface area contributed by atoms with Gasteiger partial charge >= 0.3 is 11.9 Å². The number of benzene rings is 2. The van der Waals surface area contributed by atoms with Crippen molar-refractivity contribution in [2.75, 3.05) is 20.8 Å². The highest BCUT2D eigenvalue weighted by Gasteiger charge is 2.10. The molecule has 0 spiro atoms. The Balaban J connectivity index is 0.000000292. The zero-order valence-electron chi connectivity index (χ0n) is 16.0. The molecule has 0 bridgehead atoms. The molecule has 2 aromatic carbocycles. The van der Waals surface area contributed by atoms with E-state index < -0.39 is 5.97 Å². The van der Waals surface area contributed by atoms with Crippen LogP contribution in [0.3, 0.4) is 0 Å². The zero-order chi connectivity index (χ0) is 21.3. The maximum absolute atomic E-state index is 11.3. The molecule has 1 N–H and O–H groups in total. The van der Waals surface area contributed by atoms with Crippen LogP contribution in [0, 0.1) is 5.92 Å². The minimum atomic E-state index is -0.460. The van der Waals surface area contributed by atoms with Gasteiger partial charge < -0.3 is 19.3 Å². The number of carbonyl (C=O) groups excluding carboxylic acids is 2. The van der Waals surface area contributed by atoms with Crippen molar-refractivity contribution in [2.45, 2.75) is 13.8 Å². The Bertz CT molecular complexity index is 820. The van der Waals surface area contributed by atoms with Gasteiger partial charge in [-0.2, -0.15) is 0 Å². The molecule has 0 saturated carbocycles. The second-order valence-corrected chi connectivity index (χ2v) is 7.71. The van der Waals surface area contributed by atoms with Crippen LogP contribution in [0.15, 0.2) is 45.3 Å². The average molecular weight is 518 g/mol. The van der Waals surface area contributed by atoms with Crippen molar-refractivity contribution in [3.63, 3.8) is 0 Å². The third-order valence-corrected chi connectivity index (χ3v) is 4.62. The van der Waals surface area contributed by atoms with Crippen LogP contribution in [0.1, 0.15) is 34.6 Å². The number of ether oxygens (including phenoxy) is 3. The summed E-state index contributed by atoms with van der Waals surface area (Å²) in [6, 6.07) is 9.64. The summed E-state index contributed by atoms with van der Waals surface area (Å²) >= 11 is 6.47. The van der Waals surface area contributed by atoms with Gasteiger partial charge in [0, 0.05) is 0 Å². The van der Waals surface area contributed by atoms with Crippen LogP contribution in [0.4, 0.5) is 0 Å². The topological polar surface area (TPSA) is 82.1 Å². The lowest BCUT2D eigenvalue weighted by Crippen LogP contribution is -2.06. The monoisotopic (exact) mass is 516 g/mol. The molecule has 0 amide bonds. The Kier molecular flexibility index (Phi) is 10.0. The van der Waals surface area contributed by atoms with Crippen LogP contribution in [0.5, 0.6) is 11.5 Å². The normalized spacial score (nSPS) is 9.96. The van der Waals surface area contributed by atoms with Crippen LogP contribution >= 0.6 is 31.9 Å². The molecule has 0 aromatic heterocycles. The van der Waals surface area contributed by atoms with E-state index in [9.17, 15) is 14.7 Å². The second kappa shape index (κ2) is 11.7. The predicted octanol–water partition coefficient (Wildman–Crippen LogP) is 5.21. The van der Waals surface area contributed by atoms with Crippen molar-refractivity contribution in [3.05, 3.63) is 56.5 Å². The molecule has 0 aliphatic rings. The van der Waals surface area contributed by atoms with Crippen LogP contribution in [-0.2, 0) is 9.47 Å². The number of halogens is 2. The summed E-state index contributed by atoms with van der Waals surface area (Å²) < 4.78 is 16.1. The number of hydrogen-bond donors (Lipinski definition) is 1. The fourth-order valence-electron chi connectivity index (χ4n) is 1.87. The molecular formula is C20H22Br2O6. The summed E-state index contributed by atoms with van der Waals surface area (Å²) in [6.45, 7) is 4.75. The summed E-state index contributed by atoms with van der Waals surface area (Å²) in [5.74, 6) is 0.308. The molecule has 8 heteroatoms. The van der Waals surface area contributed by atoms with Gasteiger partial charge in [-0.1, -0.05) is 13.8 Å². The van der Waals surface area contributed by atoms with Crippen LogP contribution < -0.4 is 4.74 Å². The molecule has 0 aliphatic heterocycles. The summed E-state index contributed by atoms with van der Waals surface area (Å²) in [6.07, 6.45) is 0. The minimum absolute atomic E-state index is 0.0258. The molecule has 0 aliphatic carbocycles. The number of aromatic hydroxyl groups is 1. The van der Waals surface area contributed by atoms with Gasteiger partial charge in [0.1, 0.15) is 11.5 Å². The maximum Gasteiger partial charge on any atom is 0.337 e. The van der Waals surface area contributed by atoms with Crippen LogP contribution in [0.25, 0.3) is 0 Å². The van der Waals surface area contributed by atoms with Gasteiger partial charge in [-0.15, -0.1) is 0 Å². The third-order valence-electron chi connectivity index (χ3n) is 3.29. The highest BCUT2D eigenvalue weighted by Crippen LogP contribution is 2.27. The number of phenolic OH excluding ortho intramolecular Hbond substituents is 1. The Hall–Kier alpha value is -2.06. The highest BCUT2D eigenvalue weighted by atomic mass is 79.9. The standard InChI is InChI=1S/C12H15BrO3.C8H7BrO3/c1-8(2)7-16-11-6-9(12(14)15-3)4-5-10(11)13;1-12-8(11)5-2-3-6(9)7(10)4-5/h4-6,8H,7H2,1-3H3;2-4,10H,1H3. The molecule has 28 heavy (non-hydrogen) atoms. The van der Waals surface area contributed by atoms with Crippen molar-refractivity contribution in [1.29, 1.82) is 0 Å². The molecule has 0 fully saturated rings. The van der Waals surface area contributed by atoms with Crippen molar-refractivity contribution in [2.24, 2.45) is 5.92 Å². The SMILES string of the molecule is COC(=O)c1ccc(Br)c(O)c1.COC(=O)c1ccc(Br)c(OCC(C)C)c1. The average Bonchev–Trinajstić information content (AvgIpc) is 2.68. The number of carbonyl (C=O) groups is 2. The quantitative estimate of drug-likeness (QED) is 0.548. The van der Waals surface area contributed by atoms with Gasteiger partial charge in [-0.3, -0.25) is 0 Å². The number of hydrogen-bond acceptors (Lipinski definition) is 6. The van der Waals surface area contributed by atoms with E-state index in [0.717, 1.165) is 4.47 Å². The number of phenols is 1. The third kappa shape index (κ3) is 7.52. The zero-order valence-corrected chi connectivity index (χ0v) is 19.2. The molecule has 2 rings (SSSR count). The fourth-order valence-corrected chi connectivity index (χ4v) is 2.48. The molecule has 0 atom stereocenters. The molecule has 0 radical (unpaired) electrons. The summed E-state index contributed by atoms with van der Waals surface area (Å²) in [5, 5.41) is 9.19. The Morgan fingerprint density at radius 2 is 1.43 bits per heavy atom. The fraction of sp³-hybridized carbons (Fsp3) is 0.300. The van der Waals surface area contributed by atoms with Crippen molar-refractivity contribution < 1.29 is 28.9 Å². The molecule has 6 nitrogen and oxygen atoms in total. The second-order valence-electron chi connectivity index (χ2n) is 6.00. The number of rotatable bonds is 5. The largest absolute Gasteiger partial charge is 0.507 e. The van der Waals surface area contributed by atoms with Gasteiger partial charge in [0.15, 0.2) is 0 Å². The molecule has 0 saturated heterocycles. The summed E-state index contributed by atoms with van der Waals surface area (Å²) in [5.41, 5.74) is 0.822. The molecule has 152 valence electrons. The first-order valence-electron chi connectivity index (χ1n) is 8.27. The number of methoxy groups -OCH3 is 2. The van der Waals surface area contributed by atoms with Crippen molar-refractivity contribution in [3.8, 4) is 11.5 Å². The van der Waals surface area contributed by atoms with E-state index in [1.807, 2.05) is 0 Å². The summed E-state index contributed by atoms with van der Waals surface area (Å²) in [4.78, 5) is 22.3. The van der Waals surface area contributed by atoms with Crippen molar-refractivity contribution in [1.82, 2.24) is 0 Å². The van der Waals surface area contributed by atoms with Gasteiger partial charge in [0.05, 0.1) is 40.9 Å². The minimum Gasteiger partial charge on any atom is -0.507 e. The molecule has 0 unspecified atom stereocenters. The lowest BCUT2D eigenvalue weighted by Gasteiger charge is -2.11. The first-order valence-corrected chi connectivity index (χ1v) is 9.85. The van der Waals surface area contributed by atoms with Crippen molar-refractivity contribution >= 4 is 43.8 Å². The smallest absolute Gasteiger partial charge is 0.337 e. The Morgan fingerprint density at radius 1 is 0.929 bits per heavy atom. The first kappa shape index (κ1) is 24.0. The first-order chi connectivity index (χ1) is 13.2. The Labute approximate surface area is 181 Å². The van der Waals surface area contributed by atoms with E-state index in [0.29, 0.717) is 33.9 Å². The van der Waals surface area contributed by atoms with E-state index in [1.165, 1.54) is 20.3 Å². The maximum atomic E-state index is 11.3. The van der Waals surface area contributed by atoms with E-state index in [-0.39, 0.29) is 11.7 Å². The van der Waals surface area contributed by atoms with E-state index in [2.05, 4.69) is 55.2 Å². The van der Waals surface area contributed by atoms with Gasteiger partial charge in [-0.25, -0.2) is 9.59 Å². The van der Waals surface area contributed by atoms with Crippen LogP contribution in [0.2, 0.25) is 0 Å². The lowest BCUT2D eigenvalue weighted by molar-refractivity contribution is 0.0591. The van der Waals surface area contributed by atoms with Gasteiger partial charge in [0.2, 0.25) is 0 Å². The predicted molar refractivity (Wildman–Crippen MR) is 113 cm³/mol. The molecule has 0 heterocycles. The van der Waals surface area contributed by atoms with Gasteiger partial charge in [0.25, 0.3) is 0 Å². The number of esters is 2. The van der Waals surface area contributed by atoms with Gasteiger partial charge in [-0.05, 0) is 74.2 Å². The lowest BCUT2D eigenvalue weighted by atomic mass is 10.2. The van der Waals surface area contributed by atoms with E-state index in [1.54, 1.807) is 30.3 Å². The molecular weight excluding hydrogens is 496 g/mol. The Morgan fingerprint density at radius 3 is 1.89 bits per heavy atom. The summed E-state index contributed by atoms with van der Waals surface area (Å²) in [7, 11) is 2.65. The molecule has 2 aromatic rings. The highest BCUT2D eigenvalue weighted by molar-refractivity contribution is 9.10. The van der Waals surface area contributed by atoms with E-state index >= 15 is 0 Å².